The van der Waals surface area contributed by atoms with Gasteiger partial charge in [-0.1, -0.05) is 29.8 Å². The van der Waals surface area contributed by atoms with Crippen LogP contribution in [0.2, 0.25) is 5.02 Å². The van der Waals surface area contributed by atoms with Crippen LogP contribution in [0, 0.1) is 0 Å². The number of rotatable bonds is 3. The second-order valence-electron chi connectivity index (χ2n) is 4.87. The van der Waals surface area contributed by atoms with E-state index in [1.54, 1.807) is 36.4 Å². The Hall–Kier alpha value is -2.53. The molecule has 0 radical (unpaired) electrons. The van der Waals surface area contributed by atoms with E-state index in [0.29, 0.717) is 22.1 Å². The summed E-state index contributed by atoms with van der Waals surface area (Å²) in [4.78, 5) is 23.6. The van der Waals surface area contributed by atoms with Crippen LogP contribution in [0.4, 0.5) is 11.4 Å². The summed E-state index contributed by atoms with van der Waals surface area (Å²) in [5.41, 5.74) is 1.81. The highest BCUT2D eigenvalue weighted by Gasteiger charge is 2.19. The Bertz CT molecular complexity index is 746. The molecule has 2 aromatic carbocycles. The van der Waals surface area contributed by atoms with E-state index in [0.717, 1.165) is 5.56 Å². The lowest BCUT2D eigenvalue weighted by molar-refractivity contribution is -0.118. The summed E-state index contributed by atoms with van der Waals surface area (Å²) in [5.74, 6) is 0.0969. The van der Waals surface area contributed by atoms with Gasteiger partial charge in [0.05, 0.1) is 12.1 Å². The van der Waals surface area contributed by atoms with Gasteiger partial charge in [0.25, 0.3) is 5.91 Å². The summed E-state index contributed by atoms with van der Waals surface area (Å²) < 4.78 is 5.31. The third-order valence-electron chi connectivity index (χ3n) is 3.18. The van der Waals surface area contributed by atoms with Gasteiger partial charge < -0.3 is 15.4 Å². The Kier molecular flexibility index (Phi) is 3.98. The number of benzene rings is 2. The molecule has 1 heterocycles. The van der Waals surface area contributed by atoms with E-state index < -0.39 is 0 Å². The zero-order valence-electron chi connectivity index (χ0n) is 11.6. The van der Waals surface area contributed by atoms with Crippen molar-refractivity contribution in [2.75, 3.05) is 17.2 Å². The van der Waals surface area contributed by atoms with Crippen LogP contribution in [0.5, 0.6) is 5.75 Å². The van der Waals surface area contributed by atoms with Crippen molar-refractivity contribution in [2.45, 2.75) is 6.42 Å². The Morgan fingerprint density at radius 2 is 2.09 bits per heavy atom. The van der Waals surface area contributed by atoms with Crippen molar-refractivity contribution in [1.29, 1.82) is 0 Å². The van der Waals surface area contributed by atoms with Gasteiger partial charge in [0.2, 0.25) is 5.91 Å². The second kappa shape index (κ2) is 6.07. The van der Waals surface area contributed by atoms with Crippen LogP contribution in [-0.2, 0) is 16.0 Å². The van der Waals surface area contributed by atoms with Gasteiger partial charge in [0.1, 0.15) is 11.4 Å². The molecule has 112 valence electrons. The first-order valence-electron chi connectivity index (χ1n) is 6.72. The monoisotopic (exact) mass is 316 g/mol. The van der Waals surface area contributed by atoms with E-state index in [9.17, 15) is 9.59 Å². The molecular formula is C16H13ClN2O3. The molecule has 0 aliphatic carbocycles. The largest absolute Gasteiger partial charge is 0.481 e. The van der Waals surface area contributed by atoms with Gasteiger partial charge in [-0.05, 0) is 29.8 Å². The molecule has 0 atom stereocenters. The average molecular weight is 317 g/mol. The van der Waals surface area contributed by atoms with Gasteiger partial charge in [-0.3, -0.25) is 9.59 Å². The van der Waals surface area contributed by atoms with Crippen LogP contribution in [0.15, 0.2) is 42.5 Å². The van der Waals surface area contributed by atoms with E-state index in [-0.39, 0.29) is 24.8 Å². The first-order valence-corrected chi connectivity index (χ1v) is 7.09. The average Bonchev–Trinajstić information content (AvgIpc) is 2.48. The zero-order valence-corrected chi connectivity index (χ0v) is 12.3. The number of hydrogen-bond donors (Lipinski definition) is 2. The van der Waals surface area contributed by atoms with E-state index in [4.69, 9.17) is 16.3 Å². The molecule has 0 bridgehead atoms. The van der Waals surface area contributed by atoms with E-state index in [2.05, 4.69) is 10.6 Å². The summed E-state index contributed by atoms with van der Waals surface area (Å²) in [6.07, 6.45) is 0.193. The Labute approximate surface area is 132 Å². The maximum Gasteiger partial charge on any atom is 0.262 e. The number of hydrogen-bond acceptors (Lipinski definition) is 3. The van der Waals surface area contributed by atoms with Gasteiger partial charge in [-0.2, -0.15) is 0 Å². The standard InChI is InChI=1S/C16H13ClN2O3/c17-11-4-1-3-10(7-11)8-14(20)18-12-5-2-6-13-16(12)19-15(21)9-22-13/h1-7H,8-9H2,(H,18,20)(H,19,21). The van der Waals surface area contributed by atoms with Crippen molar-refractivity contribution in [3.05, 3.63) is 53.1 Å². The number of ether oxygens (including phenoxy) is 1. The molecule has 0 aromatic heterocycles. The van der Waals surface area contributed by atoms with E-state index >= 15 is 0 Å². The van der Waals surface area contributed by atoms with Crippen molar-refractivity contribution < 1.29 is 14.3 Å². The molecule has 0 unspecified atom stereocenters. The van der Waals surface area contributed by atoms with Crippen molar-refractivity contribution >= 4 is 34.8 Å². The number of fused-ring (bicyclic) bond motifs is 1. The molecule has 0 spiro atoms. The summed E-state index contributed by atoms with van der Waals surface area (Å²) >= 11 is 5.90. The molecule has 5 nitrogen and oxygen atoms in total. The number of carbonyl (C=O) groups is 2. The summed E-state index contributed by atoms with van der Waals surface area (Å²) in [5, 5.41) is 6.08. The van der Waals surface area contributed by atoms with Crippen LogP contribution < -0.4 is 15.4 Å². The van der Waals surface area contributed by atoms with Gasteiger partial charge in [0.15, 0.2) is 6.61 Å². The lowest BCUT2D eigenvalue weighted by Crippen LogP contribution is -2.27. The molecule has 1 aliphatic rings. The smallest absolute Gasteiger partial charge is 0.262 e. The molecule has 0 saturated heterocycles. The van der Waals surface area contributed by atoms with Crippen molar-refractivity contribution in [1.82, 2.24) is 0 Å². The van der Waals surface area contributed by atoms with Gasteiger partial charge >= 0.3 is 0 Å². The highest BCUT2D eigenvalue weighted by atomic mass is 35.5. The number of para-hydroxylation sites is 1. The van der Waals surface area contributed by atoms with Crippen LogP contribution in [0.1, 0.15) is 5.56 Å². The minimum atomic E-state index is -0.246. The Morgan fingerprint density at radius 3 is 2.91 bits per heavy atom. The molecule has 0 saturated carbocycles. The normalized spacial score (nSPS) is 12.9. The predicted molar refractivity (Wildman–Crippen MR) is 84.4 cm³/mol. The molecule has 1 aliphatic heterocycles. The zero-order chi connectivity index (χ0) is 15.5. The van der Waals surface area contributed by atoms with Gasteiger partial charge in [-0.25, -0.2) is 0 Å². The quantitative estimate of drug-likeness (QED) is 0.915. The number of halogens is 1. The van der Waals surface area contributed by atoms with Crippen molar-refractivity contribution in [2.24, 2.45) is 0 Å². The lowest BCUT2D eigenvalue weighted by Gasteiger charge is -2.20. The van der Waals surface area contributed by atoms with Gasteiger partial charge in [0, 0.05) is 5.02 Å². The fourth-order valence-corrected chi connectivity index (χ4v) is 2.44. The van der Waals surface area contributed by atoms with Crippen LogP contribution >= 0.6 is 11.6 Å². The molecule has 6 heteroatoms. The second-order valence-corrected chi connectivity index (χ2v) is 5.31. The molecule has 0 fully saturated rings. The third-order valence-corrected chi connectivity index (χ3v) is 3.41. The number of amides is 2. The summed E-state index contributed by atoms with van der Waals surface area (Å²) in [6.45, 7) is -0.0209. The summed E-state index contributed by atoms with van der Waals surface area (Å²) in [6, 6.07) is 12.3. The number of anilines is 2. The highest BCUT2D eigenvalue weighted by molar-refractivity contribution is 6.30. The SMILES string of the molecule is O=C(Cc1cccc(Cl)c1)Nc1cccc2c1NC(=O)CO2. The molecule has 2 aromatic rings. The molecular weight excluding hydrogens is 304 g/mol. The maximum absolute atomic E-state index is 12.2. The van der Waals surface area contributed by atoms with Gasteiger partial charge in [-0.15, -0.1) is 0 Å². The Balaban J connectivity index is 1.76. The van der Waals surface area contributed by atoms with Crippen LogP contribution in [0.3, 0.4) is 0 Å². The lowest BCUT2D eigenvalue weighted by atomic mass is 10.1. The topological polar surface area (TPSA) is 67.4 Å². The predicted octanol–water partition coefficient (Wildman–Crippen LogP) is 2.85. The first kappa shape index (κ1) is 14.4. The maximum atomic E-state index is 12.2. The van der Waals surface area contributed by atoms with E-state index in [1.165, 1.54) is 0 Å². The summed E-state index contributed by atoms with van der Waals surface area (Å²) in [7, 11) is 0. The minimum Gasteiger partial charge on any atom is -0.481 e. The third kappa shape index (κ3) is 3.20. The molecule has 22 heavy (non-hydrogen) atoms. The number of nitrogens with one attached hydrogen (secondary N) is 2. The first-order chi connectivity index (χ1) is 10.6. The van der Waals surface area contributed by atoms with Crippen LogP contribution in [0.25, 0.3) is 0 Å². The van der Waals surface area contributed by atoms with E-state index in [1.807, 2.05) is 6.07 Å². The fraction of sp³-hybridized carbons (Fsp3) is 0.125. The van der Waals surface area contributed by atoms with Crippen molar-refractivity contribution in [3.8, 4) is 5.75 Å². The van der Waals surface area contributed by atoms with Crippen LogP contribution in [-0.4, -0.2) is 18.4 Å². The number of carbonyl (C=O) groups excluding carboxylic acids is 2. The minimum absolute atomic E-state index is 0.0209. The molecule has 2 amide bonds. The molecule has 3 rings (SSSR count). The highest BCUT2D eigenvalue weighted by Crippen LogP contribution is 2.34. The molecule has 2 N–H and O–H groups in total. The fourth-order valence-electron chi connectivity index (χ4n) is 2.23. The Morgan fingerprint density at radius 1 is 1.27 bits per heavy atom. The van der Waals surface area contributed by atoms with Crippen molar-refractivity contribution in [3.63, 3.8) is 0 Å².